The van der Waals surface area contributed by atoms with Crippen molar-refractivity contribution in [1.82, 2.24) is 30.2 Å². The zero-order valence-corrected chi connectivity index (χ0v) is 51.7. The van der Waals surface area contributed by atoms with Gasteiger partial charge >= 0.3 is 0 Å². The number of hydrogen-bond donors (Lipinski definition) is 4. The van der Waals surface area contributed by atoms with Gasteiger partial charge in [-0.3, -0.25) is 38.8 Å². The summed E-state index contributed by atoms with van der Waals surface area (Å²) in [5.41, 5.74) is 7.15. The predicted octanol–water partition coefficient (Wildman–Crippen LogP) is 8.86. The summed E-state index contributed by atoms with van der Waals surface area (Å²) in [4.78, 5) is 110. The molecular formula is C67H76ClN9O12. The molecule has 4 N–H and O–H groups in total. The highest BCUT2D eigenvalue weighted by molar-refractivity contribution is 6.13. The van der Waals surface area contributed by atoms with E-state index < -0.39 is 17.9 Å². The topological polar surface area (TPSA) is 248 Å². The molecule has 4 aromatic rings. The van der Waals surface area contributed by atoms with E-state index in [0.29, 0.717) is 103 Å². The Morgan fingerprint density at radius 2 is 1.33 bits per heavy atom. The van der Waals surface area contributed by atoms with E-state index in [-0.39, 0.29) is 91.5 Å². The largest absolute Gasteiger partial charge is 0.497 e. The van der Waals surface area contributed by atoms with E-state index in [1.165, 1.54) is 19.8 Å². The number of benzene rings is 4. The molecule has 89 heavy (non-hydrogen) atoms. The van der Waals surface area contributed by atoms with Gasteiger partial charge in [0, 0.05) is 94.4 Å². The minimum Gasteiger partial charge on any atom is -0.497 e. The summed E-state index contributed by atoms with van der Waals surface area (Å²) in [6.45, 7) is 4.92. The molecule has 7 unspecified atom stereocenters. The first kappa shape index (κ1) is 63.2. The third kappa shape index (κ3) is 14.2. The summed E-state index contributed by atoms with van der Waals surface area (Å²) in [6.07, 6.45) is 15.6. The molecule has 0 aromatic heterocycles. The molecule has 6 aliphatic rings. The first-order valence-corrected chi connectivity index (χ1v) is 30.7. The van der Waals surface area contributed by atoms with Gasteiger partial charge in [0.25, 0.3) is 11.8 Å². The number of carbonyl (C=O) groups is 7. The lowest BCUT2D eigenvalue weighted by Gasteiger charge is -2.31. The second-order valence-electron chi connectivity index (χ2n) is 23.5. The highest BCUT2D eigenvalue weighted by Gasteiger charge is 2.52. The molecule has 4 aliphatic heterocycles. The predicted molar refractivity (Wildman–Crippen MR) is 338 cm³/mol. The third-order valence-electron chi connectivity index (χ3n) is 17.4. The molecule has 2 bridgehead atoms. The summed E-state index contributed by atoms with van der Waals surface area (Å²) in [7, 11) is 6.42. The fraction of sp³-hybridized carbons (Fsp3) is 0.418. The third-order valence-corrected chi connectivity index (χ3v) is 17.6. The number of anilines is 1. The lowest BCUT2D eigenvalue weighted by molar-refractivity contribution is -0.138. The molecule has 22 heteroatoms. The smallest absolute Gasteiger partial charge is 0.260 e. The molecule has 10 rings (SSSR count). The van der Waals surface area contributed by atoms with Crippen LogP contribution in [0.5, 0.6) is 28.7 Å². The second kappa shape index (κ2) is 28.6. The van der Waals surface area contributed by atoms with E-state index >= 15 is 0 Å². The number of nitrogens with zero attached hydrogens (tertiary/aromatic N) is 5. The minimum absolute atomic E-state index is 0.0237. The van der Waals surface area contributed by atoms with E-state index in [2.05, 4.69) is 26.9 Å². The van der Waals surface area contributed by atoms with Gasteiger partial charge in [-0.25, -0.2) is 4.84 Å². The second-order valence-corrected chi connectivity index (χ2v) is 23.7. The number of unbranched alkanes of at least 4 members (excludes halogenated alkanes) is 2. The van der Waals surface area contributed by atoms with E-state index in [9.17, 15) is 33.6 Å². The maximum atomic E-state index is 14.1. The van der Waals surface area contributed by atoms with Crippen LogP contribution in [0.15, 0.2) is 107 Å². The summed E-state index contributed by atoms with van der Waals surface area (Å²) in [6, 6.07) is 20.2. The van der Waals surface area contributed by atoms with Gasteiger partial charge in [0.15, 0.2) is 23.0 Å². The Kier molecular flexibility index (Phi) is 20.3. The highest BCUT2D eigenvalue weighted by Crippen LogP contribution is 2.52. The molecular weight excluding hydrogens is 1160 g/mol. The normalized spacial score (nSPS) is 20.4. The summed E-state index contributed by atoms with van der Waals surface area (Å²) in [5.74, 6) is -0.0872. The van der Waals surface area contributed by atoms with Crippen molar-refractivity contribution >= 4 is 94.1 Å². The van der Waals surface area contributed by atoms with Crippen molar-refractivity contribution in [2.24, 2.45) is 39.6 Å². The molecule has 468 valence electrons. The zero-order valence-electron chi connectivity index (χ0n) is 50.9. The van der Waals surface area contributed by atoms with Crippen LogP contribution in [-0.4, -0.2) is 148 Å². The summed E-state index contributed by atoms with van der Waals surface area (Å²) < 4.78 is 29.0. The summed E-state index contributed by atoms with van der Waals surface area (Å²) in [5, 5.41) is 8.30. The zero-order chi connectivity index (χ0) is 62.9. The molecule has 0 radical (unpaired) electrons. The Hall–Kier alpha value is -8.82. The fourth-order valence-electron chi connectivity index (χ4n) is 12.7. The number of rotatable bonds is 28. The Labute approximate surface area is 523 Å². The van der Waals surface area contributed by atoms with Crippen molar-refractivity contribution in [3.05, 3.63) is 119 Å². The van der Waals surface area contributed by atoms with E-state index in [4.69, 9.17) is 45.4 Å². The van der Waals surface area contributed by atoms with Crippen LogP contribution in [0.2, 0.25) is 0 Å². The standard InChI is InChI=1S/C67H76ClN9O12/c1-39(2)63(74-60(79)11-8-7-9-22-75(3)67(84)62-50-28-43(53(62)38-78)25-42(50)20-21-72-68)64(81)71-35-61(80)73-46-16-12-40(13-17-46)44-26-47-33-69-54-31-58(56(86-5)29-51(54)65(82)76(47)36-44)88-23-10-24-89-59-32-55-52(30-57(59)87-6)66(83)77-37-45(27-48(77)34-70-55)41-14-18-49(85-4)19-15-41/h12-19,25,29-34,36-39,43,47-48,50,53,62-63,72H,7-11,20-24,26-28,35H2,1-6H3,(H,71,81)(H,73,80)(H,74,79). The SMILES string of the molecule is COc1ccc(C2=CN3C(=O)c4cc(OC)c(OCCCOc5cc6c(cc5OC)C(=O)N5C=C(c7ccc(NC(=O)CNC(=O)C(NC(=O)CCCCCN(C)C(=O)C8C9CC(C=C9CCNCl)C8C=O)C(C)C)cc7)CC5C=N6)cc4N=CC3C2)cc1. The molecule has 6 amide bonds. The van der Waals surface area contributed by atoms with Crippen LogP contribution in [0.25, 0.3) is 11.1 Å². The lowest BCUT2D eigenvalue weighted by Crippen LogP contribution is -2.51. The Balaban J connectivity index is 0.650. The van der Waals surface area contributed by atoms with E-state index in [1.807, 2.05) is 62.6 Å². The Bertz CT molecular complexity index is 3510. The number of carbonyl (C=O) groups excluding carboxylic acids is 7. The number of ether oxygens (including phenoxy) is 5. The van der Waals surface area contributed by atoms with Crippen molar-refractivity contribution in [1.29, 1.82) is 0 Å². The van der Waals surface area contributed by atoms with Gasteiger partial charge in [0.2, 0.25) is 23.6 Å². The molecule has 0 saturated heterocycles. The van der Waals surface area contributed by atoms with Gasteiger partial charge in [0.05, 0.1) is 81.6 Å². The number of aldehydes is 1. The first-order chi connectivity index (χ1) is 43.1. The molecule has 1 fully saturated rings. The van der Waals surface area contributed by atoms with Crippen LogP contribution in [0, 0.1) is 29.6 Å². The molecule has 4 heterocycles. The van der Waals surface area contributed by atoms with E-state index in [0.717, 1.165) is 47.2 Å². The summed E-state index contributed by atoms with van der Waals surface area (Å²) >= 11 is 5.69. The fourth-order valence-corrected chi connectivity index (χ4v) is 12.7. The van der Waals surface area contributed by atoms with Gasteiger partial charge in [-0.05, 0) is 114 Å². The molecule has 21 nitrogen and oxygen atoms in total. The van der Waals surface area contributed by atoms with Gasteiger partial charge in [0.1, 0.15) is 18.1 Å². The number of halogens is 1. The van der Waals surface area contributed by atoms with Crippen LogP contribution < -0.4 is 44.5 Å². The average Bonchev–Trinajstić information content (AvgIpc) is 1.74. The van der Waals surface area contributed by atoms with Gasteiger partial charge in [-0.15, -0.1) is 0 Å². The molecule has 4 aromatic carbocycles. The van der Waals surface area contributed by atoms with Gasteiger partial charge in [-0.1, -0.05) is 56.2 Å². The first-order valence-electron chi connectivity index (χ1n) is 30.3. The molecule has 0 spiro atoms. The van der Waals surface area contributed by atoms with Gasteiger partial charge < -0.3 is 59.1 Å². The van der Waals surface area contributed by atoms with Crippen LogP contribution in [0.4, 0.5) is 17.1 Å². The maximum absolute atomic E-state index is 14.1. The van der Waals surface area contributed by atoms with Crippen molar-refractivity contribution in [3.63, 3.8) is 0 Å². The van der Waals surface area contributed by atoms with Gasteiger partial charge in [-0.2, -0.15) is 0 Å². The molecule has 2 aliphatic carbocycles. The van der Waals surface area contributed by atoms with Crippen molar-refractivity contribution < 1.29 is 57.2 Å². The van der Waals surface area contributed by atoms with Crippen LogP contribution >= 0.6 is 11.8 Å². The number of methoxy groups -OCH3 is 3. The van der Waals surface area contributed by atoms with Crippen molar-refractivity contribution in [2.45, 2.75) is 89.8 Å². The number of nitrogens with one attached hydrogen (secondary N) is 4. The number of fused-ring (bicyclic) bond motifs is 6. The minimum atomic E-state index is -0.855. The van der Waals surface area contributed by atoms with Crippen LogP contribution in [0.1, 0.15) is 103 Å². The molecule has 7 atom stereocenters. The van der Waals surface area contributed by atoms with Crippen LogP contribution in [-0.2, 0) is 24.0 Å². The number of allylic oxidation sites excluding steroid dienone is 1. The highest BCUT2D eigenvalue weighted by atomic mass is 35.5. The number of hydrogen-bond acceptors (Lipinski definition) is 15. The number of aliphatic imine (C=N–C) groups is 2. The van der Waals surface area contributed by atoms with Crippen molar-refractivity contribution in [3.8, 4) is 28.7 Å². The number of amides is 6. The average molecular weight is 1230 g/mol. The lowest BCUT2D eigenvalue weighted by atomic mass is 9.78. The van der Waals surface area contributed by atoms with E-state index in [1.54, 1.807) is 77.7 Å². The molecule has 1 saturated carbocycles. The van der Waals surface area contributed by atoms with Crippen molar-refractivity contribution in [2.75, 3.05) is 66.5 Å². The Morgan fingerprint density at radius 3 is 1.87 bits per heavy atom. The van der Waals surface area contributed by atoms with Crippen LogP contribution in [0.3, 0.4) is 0 Å². The quantitative estimate of drug-likeness (QED) is 0.0180. The Morgan fingerprint density at radius 1 is 0.742 bits per heavy atom. The maximum Gasteiger partial charge on any atom is 0.260 e. The monoisotopic (exact) mass is 1230 g/mol.